The summed E-state index contributed by atoms with van der Waals surface area (Å²) in [5.74, 6) is 1.81. The highest BCUT2D eigenvalue weighted by Gasteiger charge is 2.16. The Balaban J connectivity index is 1.49. The van der Waals surface area contributed by atoms with Crippen LogP contribution in [0, 0.1) is 10.1 Å². The average Bonchev–Trinajstić information content (AvgIpc) is 3.06. The third-order valence-corrected chi connectivity index (χ3v) is 4.36. The van der Waals surface area contributed by atoms with Crippen molar-refractivity contribution in [1.29, 1.82) is 0 Å². The summed E-state index contributed by atoms with van der Waals surface area (Å²) >= 11 is 6.30. The van der Waals surface area contributed by atoms with E-state index >= 15 is 0 Å². The first-order chi connectivity index (χ1) is 13.6. The zero-order valence-corrected chi connectivity index (χ0v) is 15.3. The first-order valence-corrected chi connectivity index (χ1v) is 8.88. The molecule has 0 bridgehead atoms. The number of rotatable bonds is 5. The molecule has 0 radical (unpaired) electrons. The van der Waals surface area contributed by atoms with Crippen LogP contribution in [0.2, 0.25) is 5.02 Å². The smallest absolute Gasteiger partial charge is 0.270 e. The molecule has 10 heteroatoms. The molecule has 1 aliphatic heterocycles. The highest BCUT2D eigenvalue weighted by Crippen LogP contribution is 2.37. The quantitative estimate of drug-likeness (QED) is 0.502. The van der Waals surface area contributed by atoms with Gasteiger partial charge >= 0.3 is 0 Å². The maximum Gasteiger partial charge on any atom is 0.270 e. The molecular weight excluding hydrogens is 388 g/mol. The summed E-state index contributed by atoms with van der Waals surface area (Å²) in [6, 6.07) is 9.50. The van der Waals surface area contributed by atoms with E-state index < -0.39 is 4.92 Å². The van der Waals surface area contributed by atoms with Crippen molar-refractivity contribution in [2.75, 3.05) is 18.5 Å². The molecule has 1 N–H and O–H groups in total. The molecule has 0 unspecified atom stereocenters. The van der Waals surface area contributed by atoms with Gasteiger partial charge in [-0.3, -0.25) is 10.1 Å². The van der Waals surface area contributed by atoms with E-state index in [1.54, 1.807) is 24.3 Å². The van der Waals surface area contributed by atoms with Gasteiger partial charge in [0.25, 0.3) is 5.69 Å². The van der Waals surface area contributed by atoms with Crippen LogP contribution in [0.1, 0.15) is 12.3 Å². The number of nitrogens with zero attached hydrogens (tertiary/aromatic N) is 3. The van der Waals surface area contributed by atoms with Crippen LogP contribution >= 0.6 is 11.6 Å². The lowest BCUT2D eigenvalue weighted by Crippen LogP contribution is -2.01. The Hall–Kier alpha value is -3.33. The summed E-state index contributed by atoms with van der Waals surface area (Å²) in [6.45, 7) is 1.38. The summed E-state index contributed by atoms with van der Waals surface area (Å²) in [5.41, 5.74) is 1.10. The highest BCUT2D eigenvalue weighted by molar-refractivity contribution is 6.33. The number of nitrogens with one attached hydrogen (secondary N) is 1. The van der Waals surface area contributed by atoms with Gasteiger partial charge in [-0.05, 0) is 0 Å². The predicted octanol–water partition coefficient (Wildman–Crippen LogP) is 4.07. The number of benzene rings is 2. The third kappa shape index (κ3) is 3.84. The minimum absolute atomic E-state index is 0.0408. The van der Waals surface area contributed by atoms with Crippen molar-refractivity contribution in [2.45, 2.75) is 13.0 Å². The molecule has 0 spiro atoms. The van der Waals surface area contributed by atoms with Gasteiger partial charge in [-0.25, -0.2) is 0 Å². The summed E-state index contributed by atoms with van der Waals surface area (Å²) in [4.78, 5) is 14.7. The minimum atomic E-state index is -0.474. The number of non-ortho nitro benzene ring substituents is 1. The maximum absolute atomic E-state index is 10.9. The van der Waals surface area contributed by atoms with Crippen LogP contribution in [-0.4, -0.2) is 28.3 Å². The molecule has 9 nitrogen and oxygen atoms in total. The van der Waals surface area contributed by atoms with Crippen molar-refractivity contribution >= 4 is 23.0 Å². The molecule has 0 atom stereocenters. The summed E-state index contributed by atoms with van der Waals surface area (Å²) in [5, 5.41) is 18.4. The second-order valence-corrected chi connectivity index (χ2v) is 6.41. The summed E-state index contributed by atoms with van der Waals surface area (Å²) in [7, 11) is 0. The highest BCUT2D eigenvalue weighted by atomic mass is 35.5. The minimum Gasteiger partial charge on any atom is -0.490 e. The van der Waals surface area contributed by atoms with Crippen LogP contribution in [0.4, 0.5) is 11.4 Å². The first-order valence-electron chi connectivity index (χ1n) is 8.50. The van der Waals surface area contributed by atoms with E-state index in [1.807, 2.05) is 0 Å². The Labute approximate surface area is 164 Å². The van der Waals surface area contributed by atoms with Crippen LogP contribution in [-0.2, 0) is 6.54 Å². The molecule has 0 aliphatic carbocycles. The SMILES string of the molecule is O=[N+]([O-])c1cccc(-c2noc(CNc3cc4c(cc3Cl)OCCCO4)n2)c1. The van der Waals surface area contributed by atoms with Gasteiger partial charge in [0.05, 0.1) is 35.4 Å². The van der Waals surface area contributed by atoms with Crippen LogP contribution in [0.5, 0.6) is 11.5 Å². The van der Waals surface area contributed by atoms with Crippen molar-refractivity contribution in [3.05, 3.63) is 57.4 Å². The fraction of sp³-hybridized carbons (Fsp3) is 0.222. The fourth-order valence-corrected chi connectivity index (χ4v) is 2.91. The standard InChI is InChI=1S/C18H15ClN4O5/c19-13-8-15-16(27-6-2-5-26-15)9-14(13)20-10-17-21-18(22-28-17)11-3-1-4-12(7-11)23(24)25/h1,3-4,7-9,20H,2,5-6,10H2. The molecule has 3 aromatic rings. The molecule has 2 heterocycles. The molecular formula is C18H15ClN4O5. The van der Waals surface area contributed by atoms with Crippen molar-refractivity contribution < 1.29 is 18.9 Å². The van der Waals surface area contributed by atoms with E-state index in [1.165, 1.54) is 12.1 Å². The number of halogens is 1. The van der Waals surface area contributed by atoms with E-state index in [9.17, 15) is 10.1 Å². The zero-order chi connectivity index (χ0) is 19.5. The average molecular weight is 403 g/mol. The molecule has 144 valence electrons. The van der Waals surface area contributed by atoms with Gasteiger partial charge in [-0.2, -0.15) is 4.98 Å². The molecule has 1 aromatic heterocycles. The van der Waals surface area contributed by atoms with Gasteiger partial charge in [0.2, 0.25) is 11.7 Å². The van der Waals surface area contributed by atoms with Gasteiger partial charge in [0, 0.05) is 36.2 Å². The first kappa shape index (κ1) is 18.1. The molecule has 0 saturated carbocycles. The molecule has 2 aromatic carbocycles. The Kier molecular flexibility index (Phi) is 4.98. The summed E-state index contributed by atoms with van der Waals surface area (Å²) < 4.78 is 16.5. The van der Waals surface area contributed by atoms with Crippen molar-refractivity contribution in [1.82, 2.24) is 10.1 Å². The van der Waals surface area contributed by atoms with Crippen molar-refractivity contribution in [3.63, 3.8) is 0 Å². The van der Waals surface area contributed by atoms with Crippen LogP contribution in [0.3, 0.4) is 0 Å². The Bertz CT molecular complexity index is 1020. The fourth-order valence-electron chi connectivity index (χ4n) is 2.69. The number of hydrogen-bond acceptors (Lipinski definition) is 8. The number of nitro benzene ring substituents is 1. The Morgan fingerprint density at radius 3 is 2.75 bits per heavy atom. The molecule has 4 rings (SSSR count). The largest absolute Gasteiger partial charge is 0.490 e. The number of hydrogen-bond donors (Lipinski definition) is 1. The second-order valence-electron chi connectivity index (χ2n) is 6.00. The number of aromatic nitrogens is 2. The van der Waals surface area contributed by atoms with Crippen LogP contribution in [0.25, 0.3) is 11.4 Å². The molecule has 0 saturated heterocycles. The topological polar surface area (TPSA) is 113 Å². The number of anilines is 1. The normalized spacial score (nSPS) is 13.0. The molecule has 0 amide bonds. The predicted molar refractivity (Wildman–Crippen MR) is 101 cm³/mol. The second kappa shape index (κ2) is 7.73. The monoisotopic (exact) mass is 402 g/mol. The van der Waals surface area contributed by atoms with Gasteiger partial charge in [0.15, 0.2) is 11.5 Å². The van der Waals surface area contributed by atoms with E-state index in [-0.39, 0.29) is 18.1 Å². The molecule has 1 aliphatic rings. The van der Waals surface area contributed by atoms with Gasteiger partial charge < -0.3 is 19.3 Å². The molecule has 28 heavy (non-hydrogen) atoms. The van der Waals surface area contributed by atoms with Gasteiger partial charge in [0.1, 0.15) is 0 Å². The van der Waals surface area contributed by atoms with Crippen molar-refractivity contribution in [2.24, 2.45) is 0 Å². The number of ether oxygens (including phenoxy) is 2. The number of fused-ring (bicyclic) bond motifs is 1. The molecule has 0 fully saturated rings. The van der Waals surface area contributed by atoms with E-state index in [0.29, 0.717) is 46.9 Å². The lowest BCUT2D eigenvalue weighted by Gasteiger charge is -2.12. The van der Waals surface area contributed by atoms with Gasteiger partial charge in [-0.15, -0.1) is 0 Å². The van der Waals surface area contributed by atoms with Crippen molar-refractivity contribution in [3.8, 4) is 22.9 Å². The zero-order valence-electron chi connectivity index (χ0n) is 14.6. The van der Waals surface area contributed by atoms with Crippen LogP contribution in [0.15, 0.2) is 40.9 Å². The third-order valence-electron chi connectivity index (χ3n) is 4.05. The van der Waals surface area contributed by atoms with E-state index in [4.69, 9.17) is 25.6 Å². The lowest BCUT2D eigenvalue weighted by atomic mass is 10.2. The van der Waals surface area contributed by atoms with Gasteiger partial charge in [-0.1, -0.05) is 28.9 Å². The van der Waals surface area contributed by atoms with Crippen LogP contribution < -0.4 is 14.8 Å². The maximum atomic E-state index is 10.9. The summed E-state index contributed by atoms with van der Waals surface area (Å²) in [6.07, 6.45) is 0.803. The lowest BCUT2D eigenvalue weighted by molar-refractivity contribution is -0.384. The number of nitro groups is 1. The Morgan fingerprint density at radius 1 is 1.18 bits per heavy atom. The van der Waals surface area contributed by atoms with E-state index in [2.05, 4.69) is 15.5 Å². The van der Waals surface area contributed by atoms with E-state index in [0.717, 1.165) is 6.42 Å². The Morgan fingerprint density at radius 2 is 1.96 bits per heavy atom.